The average molecular weight is 244 g/mol. The maximum atomic E-state index is 2.31. The van der Waals surface area contributed by atoms with Crippen LogP contribution in [0.5, 0.6) is 0 Å². The summed E-state index contributed by atoms with van der Waals surface area (Å²) in [6.07, 6.45) is 4.27. The number of rotatable bonds is 1. The molecule has 0 amide bonds. The Morgan fingerprint density at radius 1 is 0.938 bits per heavy atom. The minimum atomic E-state index is 1.34. The minimum absolute atomic E-state index is 1.34. The Bertz CT molecular complexity index is 632. The van der Waals surface area contributed by atoms with Crippen molar-refractivity contribution in [3.63, 3.8) is 0 Å². The molecule has 0 saturated heterocycles. The van der Waals surface area contributed by atoms with Gasteiger partial charge in [-0.25, -0.2) is 0 Å². The highest BCUT2D eigenvalue weighted by atomic mass is 32.1. The van der Waals surface area contributed by atoms with Crippen LogP contribution in [-0.2, 0) is 0 Å². The Labute approximate surface area is 103 Å². The van der Waals surface area contributed by atoms with Gasteiger partial charge in [0.15, 0.2) is 0 Å². The lowest BCUT2D eigenvalue weighted by Crippen LogP contribution is -1.62. The van der Waals surface area contributed by atoms with E-state index >= 15 is 0 Å². The summed E-state index contributed by atoms with van der Waals surface area (Å²) in [6.45, 7) is 4.23. The standard InChI is InChI=1S/C14H12S2/c1-3-4-12-6-11-8-13-10(5-9(2)15-13)7-14(11)16-12/h3-8H,1-2H3/b4-3+. The third kappa shape index (κ3) is 1.58. The topological polar surface area (TPSA) is 0 Å². The molecule has 0 aliphatic carbocycles. The number of hydrogen-bond acceptors (Lipinski definition) is 2. The van der Waals surface area contributed by atoms with Crippen LogP contribution < -0.4 is 0 Å². The highest BCUT2D eigenvalue weighted by molar-refractivity contribution is 7.21. The molecule has 0 radical (unpaired) electrons. The van der Waals surface area contributed by atoms with Gasteiger partial charge in [-0.15, -0.1) is 22.7 Å². The fourth-order valence-electron chi connectivity index (χ4n) is 1.97. The quantitative estimate of drug-likeness (QED) is 0.533. The Morgan fingerprint density at radius 3 is 2.38 bits per heavy atom. The molecule has 16 heavy (non-hydrogen) atoms. The fourth-order valence-corrected chi connectivity index (χ4v) is 3.99. The minimum Gasteiger partial charge on any atom is -0.141 e. The van der Waals surface area contributed by atoms with Crippen molar-refractivity contribution in [1.29, 1.82) is 0 Å². The lowest BCUT2D eigenvalue weighted by molar-refractivity contribution is 1.66. The van der Waals surface area contributed by atoms with Gasteiger partial charge >= 0.3 is 0 Å². The Hall–Kier alpha value is -1.12. The molecular formula is C14H12S2. The van der Waals surface area contributed by atoms with E-state index in [2.05, 4.69) is 50.3 Å². The molecule has 0 fully saturated rings. The third-order valence-corrected chi connectivity index (χ3v) is 4.70. The van der Waals surface area contributed by atoms with Gasteiger partial charge in [0, 0.05) is 19.2 Å². The molecule has 2 heterocycles. The summed E-state index contributed by atoms with van der Waals surface area (Å²) in [5.41, 5.74) is 0. The molecule has 1 aromatic carbocycles. The molecule has 3 aromatic rings. The van der Waals surface area contributed by atoms with Gasteiger partial charge < -0.3 is 0 Å². The van der Waals surface area contributed by atoms with Crippen molar-refractivity contribution in [3.05, 3.63) is 40.1 Å². The van der Waals surface area contributed by atoms with Gasteiger partial charge in [0.25, 0.3) is 0 Å². The van der Waals surface area contributed by atoms with Crippen LogP contribution in [0.4, 0.5) is 0 Å². The van der Waals surface area contributed by atoms with E-state index in [4.69, 9.17) is 0 Å². The second-order valence-corrected chi connectivity index (χ2v) is 6.34. The average Bonchev–Trinajstić information content (AvgIpc) is 2.75. The molecule has 0 nitrogen and oxygen atoms in total. The molecule has 0 aliphatic rings. The van der Waals surface area contributed by atoms with E-state index in [1.54, 1.807) is 0 Å². The first-order valence-corrected chi connectivity index (χ1v) is 6.96. The SMILES string of the molecule is C/C=C/c1cc2cc3sc(C)cc3cc2s1. The van der Waals surface area contributed by atoms with Gasteiger partial charge in [-0.3, -0.25) is 0 Å². The van der Waals surface area contributed by atoms with Crippen LogP contribution in [0, 0.1) is 6.92 Å². The highest BCUT2D eigenvalue weighted by Crippen LogP contribution is 2.34. The number of thiophene rings is 2. The van der Waals surface area contributed by atoms with E-state index in [-0.39, 0.29) is 0 Å². The molecule has 0 bridgehead atoms. The zero-order valence-electron chi connectivity index (χ0n) is 9.28. The van der Waals surface area contributed by atoms with Crippen LogP contribution in [0.2, 0.25) is 0 Å². The monoisotopic (exact) mass is 244 g/mol. The largest absolute Gasteiger partial charge is 0.141 e. The molecule has 80 valence electrons. The molecule has 2 heteroatoms. The fraction of sp³-hybridized carbons (Fsp3) is 0.143. The second-order valence-electron chi connectivity index (χ2n) is 3.93. The van der Waals surface area contributed by atoms with Crippen LogP contribution in [0.25, 0.3) is 26.2 Å². The van der Waals surface area contributed by atoms with Crippen molar-refractivity contribution in [2.75, 3.05) is 0 Å². The predicted molar refractivity (Wildman–Crippen MR) is 76.7 cm³/mol. The first-order chi connectivity index (χ1) is 7.76. The smallest absolute Gasteiger partial charge is 0.0356 e. The molecule has 0 spiro atoms. The highest BCUT2D eigenvalue weighted by Gasteiger charge is 2.04. The normalized spacial score (nSPS) is 12.1. The van der Waals surface area contributed by atoms with E-state index in [0.29, 0.717) is 0 Å². The van der Waals surface area contributed by atoms with Crippen LogP contribution in [-0.4, -0.2) is 0 Å². The number of benzene rings is 1. The van der Waals surface area contributed by atoms with Crippen molar-refractivity contribution in [1.82, 2.24) is 0 Å². The van der Waals surface area contributed by atoms with E-state index < -0.39 is 0 Å². The maximum Gasteiger partial charge on any atom is 0.0356 e. The molecule has 0 atom stereocenters. The van der Waals surface area contributed by atoms with E-state index in [0.717, 1.165) is 0 Å². The molecule has 0 unspecified atom stereocenters. The van der Waals surface area contributed by atoms with Gasteiger partial charge in [-0.1, -0.05) is 6.08 Å². The molecule has 3 rings (SSSR count). The van der Waals surface area contributed by atoms with Crippen molar-refractivity contribution < 1.29 is 0 Å². The van der Waals surface area contributed by atoms with Crippen LogP contribution in [0.15, 0.2) is 30.3 Å². The van der Waals surface area contributed by atoms with Gasteiger partial charge in [0.1, 0.15) is 0 Å². The molecular weight excluding hydrogens is 232 g/mol. The summed E-state index contributed by atoms with van der Waals surface area (Å²) in [5.74, 6) is 0. The van der Waals surface area contributed by atoms with Crippen LogP contribution >= 0.6 is 22.7 Å². The molecule has 0 aliphatic heterocycles. The zero-order chi connectivity index (χ0) is 11.1. The van der Waals surface area contributed by atoms with E-state index in [1.165, 1.54) is 29.9 Å². The second kappa shape index (κ2) is 3.72. The Kier molecular flexibility index (Phi) is 2.34. The van der Waals surface area contributed by atoms with Crippen LogP contribution in [0.1, 0.15) is 16.7 Å². The maximum absolute atomic E-state index is 2.31. The molecule has 2 aromatic heterocycles. The van der Waals surface area contributed by atoms with Gasteiger partial charge in [-0.2, -0.15) is 0 Å². The summed E-state index contributed by atoms with van der Waals surface area (Å²) in [6, 6.07) is 9.17. The summed E-state index contributed by atoms with van der Waals surface area (Å²) in [7, 11) is 0. The van der Waals surface area contributed by atoms with Gasteiger partial charge in [0.05, 0.1) is 0 Å². The number of aryl methyl sites for hydroxylation is 1. The predicted octanol–water partition coefficient (Wildman–Crippen LogP) is 5.46. The van der Waals surface area contributed by atoms with Crippen molar-refractivity contribution in [2.24, 2.45) is 0 Å². The van der Waals surface area contributed by atoms with E-state index in [1.807, 2.05) is 22.7 Å². The lowest BCUT2D eigenvalue weighted by atomic mass is 10.2. The molecule has 0 N–H and O–H groups in total. The lowest BCUT2D eigenvalue weighted by Gasteiger charge is -1.89. The number of allylic oxidation sites excluding steroid dienone is 1. The zero-order valence-corrected chi connectivity index (χ0v) is 10.9. The van der Waals surface area contributed by atoms with Gasteiger partial charge in [0.2, 0.25) is 0 Å². The number of hydrogen-bond donors (Lipinski definition) is 0. The third-order valence-electron chi connectivity index (χ3n) is 2.63. The molecule has 0 saturated carbocycles. The number of fused-ring (bicyclic) bond motifs is 2. The van der Waals surface area contributed by atoms with Crippen molar-refractivity contribution in [3.8, 4) is 0 Å². The van der Waals surface area contributed by atoms with Crippen molar-refractivity contribution in [2.45, 2.75) is 13.8 Å². The first-order valence-electron chi connectivity index (χ1n) is 5.33. The summed E-state index contributed by atoms with van der Waals surface area (Å²) < 4.78 is 2.79. The summed E-state index contributed by atoms with van der Waals surface area (Å²) in [4.78, 5) is 2.73. The van der Waals surface area contributed by atoms with Crippen LogP contribution in [0.3, 0.4) is 0 Å². The summed E-state index contributed by atoms with van der Waals surface area (Å²) >= 11 is 3.74. The first kappa shape index (κ1) is 10.1. The van der Waals surface area contributed by atoms with E-state index in [9.17, 15) is 0 Å². The summed E-state index contributed by atoms with van der Waals surface area (Å²) in [5, 5.41) is 2.75. The van der Waals surface area contributed by atoms with Gasteiger partial charge in [-0.05, 0) is 55.0 Å². The Balaban J connectivity index is 2.31. The van der Waals surface area contributed by atoms with Crippen molar-refractivity contribution >= 4 is 48.9 Å². The Morgan fingerprint density at radius 2 is 1.62 bits per heavy atom.